The summed E-state index contributed by atoms with van der Waals surface area (Å²) in [5.41, 5.74) is 9.57. The van der Waals surface area contributed by atoms with Crippen LogP contribution >= 0.6 is 0 Å². The molecule has 1 fully saturated rings. The predicted molar refractivity (Wildman–Crippen MR) is 109 cm³/mol. The molecule has 0 aliphatic heterocycles. The number of halogens is 1. The van der Waals surface area contributed by atoms with Crippen molar-refractivity contribution in [2.24, 2.45) is 5.73 Å². The molecule has 0 saturated heterocycles. The van der Waals surface area contributed by atoms with Crippen molar-refractivity contribution < 1.29 is 14.0 Å². The number of aromatic nitrogens is 3. The van der Waals surface area contributed by atoms with Crippen molar-refractivity contribution >= 4 is 17.5 Å². The molecule has 3 aromatic rings. The van der Waals surface area contributed by atoms with E-state index in [4.69, 9.17) is 5.73 Å². The molecule has 2 N–H and O–H groups in total. The molecule has 30 heavy (non-hydrogen) atoms. The molecule has 8 heteroatoms. The minimum atomic E-state index is -0.569. The van der Waals surface area contributed by atoms with Gasteiger partial charge in [-0.1, -0.05) is 12.1 Å². The molecule has 0 spiro atoms. The topological polar surface area (TPSA) is 93.6 Å². The quantitative estimate of drug-likeness (QED) is 0.649. The summed E-state index contributed by atoms with van der Waals surface area (Å²) in [6, 6.07) is 6.54. The van der Waals surface area contributed by atoms with Gasteiger partial charge >= 0.3 is 0 Å². The number of aryl methyl sites for hydroxylation is 2. The Labute approximate surface area is 173 Å². The van der Waals surface area contributed by atoms with Crippen LogP contribution in [0.2, 0.25) is 0 Å². The lowest BCUT2D eigenvalue weighted by atomic mass is 10.1. The molecule has 1 saturated carbocycles. The number of nitrogens with zero attached hydrogens (tertiary/aromatic N) is 4. The van der Waals surface area contributed by atoms with Crippen LogP contribution in [-0.2, 0) is 17.8 Å². The summed E-state index contributed by atoms with van der Waals surface area (Å²) in [4.78, 5) is 31.0. The maximum atomic E-state index is 13.2. The van der Waals surface area contributed by atoms with Gasteiger partial charge in [-0.15, -0.1) is 0 Å². The monoisotopic (exact) mass is 409 g/mol. The van der Waals surface area contributed by atoms with E-state index in [0.29, 0.717) is 25.0 Å². The Balaban J connectivity index is 1.51. The second-order valence-electron chi connectivity index (χ2n) is 7.80. The van der Waals surface area contributed by atoms with Crippen LogP contribution in [0.4, 0.5) is 4.39 Å². The van der Waals surface area contributed by atoms with Crippen LogP contribution in [0.1, 0.15) is 52.1 Å². The summed E-state index contributed by atoms with van der Waals surface area (Å²) >= 11 is 0. The van der Waals surface area contributed by atoms with Gasteiger partial charge in [0.1, 0.15) is 11.4 Å². The highest BCUT2D eigenvalue weighted by molar-refractivity contribution is 5.98. The molecule has 1 aliphatic rings. The number of primary amides is 1. The maximum Gasteiger partial charge on any atom is 0.254 e. The van der Waals surface area contributed by atoms with E-state index in [1.807, 2.05) is 18.7 Å². The standard InChI is InChI=1S/C22H24FN5O2/c1-13-18(14(2)28-22(26-13)19(11-25-28)21(24)30)9-10-20(29)27(17-7-8-17)12-15-3-5-16(23)6-4-15/h3-6,11,17H,7-10,12H2,1-2H3,(H2,24,30). The number of fused-ring (bicyclic) bond motifs is 1. The largest absolute Gasteiger partial charge is 0.365 e. The Morgan fingerprint density at radius 1 is 1.23 bits per heavy atom. The molecule has 0 atom stereocenters. The average molecular weight is 409 g/mol. The third kappa shape index (κ3) is 3.90. The first-order chi connectivity index (χ1) is 14.3. The van der Waals surface area contributed by atoms with Crippen LogP contribution in [0.15, 0.2) is 30.5 Å². The highest BCUT2D eigenvalue weighted by Gasteiger charge is 2.32. The summed E-state index contributed by atoms with van der Waals surface area (Å²) in [5.74, 6) is -0.783. The minimum absolute atomic E-state index is 0.0685. The van der Waals surface area contributed by atoms with Gasteiger partial charge in [-0.05, 0) is 56.4 Å². The number of rotatable bonds is 7. The summed E-state index contributed by atoms with van der Waals surface area (Å²) in [7, 11) is 0. The Kier molecular flexibility index (Phi) is 5.24. The number of amides is 2. The van der Waals surface area contributed by atoms with Crippen molar-refractivity contribution in [1.29, 1.82) is 0 Å². The van der Waals surface area contributed by atoms with Crippen molar-refractivity contribution in [2.45, 2.75) is 52.1 Å². The molecule has 0 bridgehead atoms. The van der Waals surface area contributed by atoms with Crippen LogP contribution in [0.3, 0.4) is 0 Å². The summed E-state index contributed by atoms with van der Waals surface area (Å²) in [6.07, 6.45) is 4.29. The van der Waals surface area contributed by atoms with Crippen molar-refractivity contribution in [1.82, 2.24) is 19.5 Å². The molecule has 1 aromatic carbocycles. The highest BCUT2D eigenvalue weighted by Crippen LogP contribution is 2.29. The van der Waals surface area contributed by atoms with Crippen LogP contribution in [0.25, 0.3) is 5.65 Å². The number of carbonyl (C=O) groups excluding carboxylic acids is 2. The third-order valence-electron chi connectivity index (χ3n) is 5.64. The van der Waals surface area contributed by atoms with Gasteiger partial charge in [0, 0.05) is 30.4 Å². The first-order valence-corrected chi connectivity index (χ1v) is 10.0. The van der Waals surface area contributed by atoms with E-state index in [2.05, 4.69) is 10.1 Å². The van der Waals surface area contributed by atoms with Gasteiger partial charge in [-0.3, -0.25) is 9.59 Å². The molecule has 2 aromatic heterocycles. The van der Waals surface area contributed by atoms with Gasteiger partial charge < -0.3 is 10.6 Å². The first-order valence-electron chi connectivity index (χ1n) is 10.0. The summed E-state index contributed by atoms with van der Waals surface area (Å²) in [5, 5.41) is 4.23. The third-order valence-corrected chi connectivity index (χ3v) is 5.64. The normalized spacial score (nSPS) is 13.6. The first kappa shape index (κ1) is 20.0. The lowest BCUT2D eigenvalue weighted by Gasteiger charge is -2.23. The second-order valence-corrected chi connectivity index (χ2v) is 7.80. The second kappa shape index (κ2) is 7.85. The Bertz CT molecular complexity index is 1120. The zero-order valence-electron chi connectivity index (χ0n) is 17.1. The number of carbonyl (C=O) groups is 2. The minimum Gasteiger partial charge on any atom is -0.365 e. The van der Waals surface area contributed by atoms with Gasteiger partial charge in [-0.2, -0.15) is 5.10 Å². The molecule has 156 valence electrons. The van der Waals surface area contributed by atoms with E-state index in [9.17, 15) is 14.0 Å². The Morgan fingerprint density at radius 2 is 1.93 bits per heavy atom. The Hall–Kier alpha value is -3.29. The van der Waals surface area contributed by atoms with Crippen molar-refractivity contribution in [3.63, 3.8) is 0 Å². The Morgan fingerprint density at radius 3 is 2.57 bits per heavy atom. The van der Waals surface area contributed by atoms with Crippen LogP contribution in [0, 0.1) is 19.7 Å². The van der Waals surface area contributed by atoms with E-state index < -0.39 is 5.91 Å². The van der Waals surface area contributed by atoms with Crippen LogP contribution < -0.4 is 5.73 Å². The molecule has 2 heterocycles. The van der Waals surface area contributed by atoms with E-state index in [0.717, 1.165) is 35.4 Å². The zero-order valence-corrected chi connectivity index (χ0v) is 17.1. The average Bonchev–Trinajstić information content (AvgIpc) is 3.45. The fraction of sp³-hybridized carbons (Fsp3) is 0.364. The highest BCUT2D eigenvalue weighted by atomic mass is 19.1. The van der Waals surface area contributed by atoms with E-state index in [1.54, 1.807) is 16.6 Å². The number of hydrogen-bond donors (Lipinski definition) is 1. The van der Waals surface area contributed by atoms with Gasteiger partial charge in [0.15, 0.2) is 5.65 Å². The van der Waals surface area contributed by atoms with Crippen molar-refractivity contribution in [2.75, 3.05) is 0 Å². The fourth-order valence-corrected chi connectivity index (χ4v) is 3.82. The fourth-order valence-electron chi connectivity index (χ4n) is 3.82. The number of hydrogen-bond acceptors (Lipinski definition) is 4. The van der Waals surface area contributed by atoms with E-state index in [1.165, 1.54) is 18.3 Å². The van der Waals surface area contributed by atoms with Gasteiger partial charge in [0.25, 0.3) is 5.91 Å². The van der Waals surface area contributed by atoms with E-state index >= 15 is 0 Å². The molecule has 2 amide bonds. The SMILES string of the molecule is Cc1nc2c(C(N)=O)cnn2c(C)c1CCC(=O)N(Cc1ccc(F)cc1)C1CC1. The molecule has 0 radical (unpaired) electrons. The number of nitrogens with two attached hydrogens (primary N) is 1. The van der Waals surface area contributed by atoms with Crippen LogP contribution in [-0.4, -0.2) is 37.4 Å². The molecule has 7 nitrogen and oxygen atoms in total. The van der Waals surface area contributed by atoms with Gasteiger partial charge in [-0.25, -0.2) is 13.9 Å². The maximum absolute atomic E-state index is 13.2. The van der Waals surface area contributed by atoms with Gasteiger partial charge in [0.2, 0.25) is 5.91 Å². The number of benzene rings is 1. The molecule has 4 rings (SSSR count). The smallest absolute Gasteiger partial charge is 0.254 e. The van der Waals surface area contributed by atoms with Gasteiger partial charge in [0.05, 0.1) is 6.20 Å². The summed E-state index contributed by atoms with van der Waals surface area (Å²) < 4.78 is 14.8. The lowest BCUT2D eigenvalue weighted by molar-refractivity contribution is -0.132. The predicted octanol–water partition coefficient (Wildman–Crippen LogP) is 2.71. The van der Waals surface area contributed by atoms with E-state index in [-0.39, 0.29) is 23.3 Å². The zero-order chi connectivity index (χ0) is 21.4. The van der Waals surface area contributed by atoms with Crippen molar-refractivity contribution in [3.8, 4) is 0 Å². The van der Waals surface area contributed by atoms with Crippen LogP contribution in [0.5, 0.6) is 0 Å². The molecular formula is C22H24FN5O2. The molecular weight excluding hydrogens is 385 g/mol. The summed E-state index contributed by atoms with van der Waals surface area (Å²) in [6.45, 7) is 4.25. The van der Waals surface area contributed by atoms with Crippen molar-refractivity contribution in [3.05, 3.63) is 64.4 Å². The molecule has 0 unspecified atom stereocenters. The lowest BCUT2D eigenvalue weighted by Crippen LogP contribution is -2.32. The molecule has 1 aliphatic carbocycles.